The van der Waals surface area contributed by atoms with E-state index in [1.807, 2.05) is 79.1 Å². The number of aliphatic hydroxyl groups excluding tert-OH is 2. The molecule has 0 aliphatic heterocycles. The molecule has 0 bridgehead atoms. The van der Waals surface area contributed by atoms with Gasteiger partial charge in [-0.2, -0.15) is 0 Å². The third-order valence-corrected chi connectivity index (χ3v) is 7.19. The Morgan fingerprint density at radius 2 is 1.44 bits per heavy atom. The van der Waals surface area contributed by atoms with Crippen LogP contribution < -0.4 is 40.0 Å². The number of aliphatic carboxylic acids is 1. The zero-order valence-corrected chi connectivity index (χ0v) is 26.8. The van der Waals surface area contributed by atoms with E-state index in [2.05, 4.69) is 5.32 Å². The van der Waals surface area contributed by atoms with Gasteiger partial charge < -0.3 is 30.0 Å². The van der Waals surface area contributed by atoms with Crippen LogP contribution in [0.5, 0.6) is 0 Å². The van der Waals surface area contributed by atoms with Crippen molar-refractivity contribution >= 4 is 11.9 Å². The number of nitrogens with one attached hydrogen (secondary N) is 1. The van der Waals surface area contributed by atoms with Gasteiger partial charge in [-0.15, -0.1) is 0 Å². The Kier molecular flexibility index (Phi) is 12.7. The van der Waals surface area contributed by atoms with Crippen molar-refractivity contribution in [2.75, 3.05) is 0 Å². The van der Waals surface area contributed by atoms with Gasteiger partial charge in [0.2, 0.25) is 0 Å². The molecule has 3 N–H and O–H groups in total. The molecule has 7 nitrogen and oxygen atoms in total. The standard InChI is InChI=1S/C34H37FN2O5.Na/c1-22(2)37-29(18-17-27(38)19-28(39)20-30(40)41)31(25-13-15-26(35)16-14-25)32(24-11-7-4-8-12-24)33(37)34(42)36-21-23-9-5-3-6-10-23;/h3-16,22,27-28,38-39H,17-21H2,1-2H3,(H,36,42)(H,40,41);/q;+1/p-1/t27-,28-;/m1./s1. The molecule has 43 heavy (non-hydrogen) atoms. The van der Waals surface area contributed by atoms with E-state index in [0.717, 1.165) is 22.4 Å². The summed E-state index contributed by atoms with van der Waals surface area (Å²) in [7, 11) is 0. The number of aromatic nitrogens is 1. The zero-order chi connectivity index (χ0) is 30.2. The van der Waals surface area contributed by atoms with Crippen molar-refractivity contribution in [1.29, 1.82) is 0 Å². The normalized spacial score (nSPS) is 12.4. The largest absolute Gasteiger partial charge is 1.00 e. The SMILES string of the molecule is CC(C)n1c(CC[C@@H](O)C[C@@H](O)CC(=O)[O-])c(-c2ccc(F)cc2)c(-c2ccccc2)c1C(=O)NCc1ccccc1.[Na+]. The summed E-state index contributed by atoms with van der Waals surface area (Å²) >= 11 is 0. The minimum atomic E-state index is -1.39. The topological polar surface area (TPSA) is 115 Å². The zero-order valence-electron chi connectivity index (χ0n) is 24.8. The molecule has 1 aromatic heterocycles. The summed E-state index contributed by atoms with van der Waals surface area (Å²) in [5, 5.41) is 34.7. The minimum absolute atomic E-state index is 0. The van der Waals surface area contributed by atoms with E-state index in [-0.39, 0.29) is 60.2 Å². The summed E-state index contributed by atoms with van der Waals surface area (Å²) in [4.78, 5) is 24.9. The fourth-order valence-corrected chi connectivity index (χ4v) is 5.36. The van der Waals surface area contributed by atoms with E-state index < -0.39 is 24.6 Å². The summed E-state index contributed by atoms with van der Waals surface area (Å²) in [6.07, 6.45) is -2.41. The summed E-state index contributed by atoms with van der Waals surface area (Å²) in [5.74, 6) is -2.05. The Bertz CT molecular complexity index is 1490. The predicted molar refractivity (Wildman–Crippen MR) is 158 cm³/mol. The fourth-order valence-electron chi connectivity index (χ4n) is 5.36. The van der Waals surface area contributed by atoms with Crippen LogP contribution in [-0.2, 0) is 17.8 Å². The molecule has 0 saturated heterocycles. The number of carboxylic acid groups (broad SMARTS) is 1. The Hall–Kier alpha value is -3.27. The molecule has 3 aromatic carbocycles. The summed E-state index contributed by atoms with van der Waals surface area (Å²) in [5.41, 5.74) is 5.15. The van der Waals surface area contributed by atoms with Crippen LogP contribution in [0.3, 0.4) is 0 Å². The van der Waals surface area contributed by atoms with Crippen molar-refractivity contribution in [2.24, 2.45) is 0 Å². The fraction of sp³-hybridized carbons (Fsp3) is 0.294. The third kappa shape index (κ3) is 8.87. The molecule has 1 amide bonds. The van der Waals surface area contributed by atoms with Crippen LogP contribution in [0.2, 0.25) is 0 Å². The van der Waals surface area contributed by atoms with Crippen LogP contribution >= 0.6 is 0 Å². The molecule has 0 saturated carbocycles. The Balaban J connectivity index is 0.00000506. The van der Waals surface area contributed by atoms with Crippen molar-refractivity contribution in [3.63, 3.8) is 0 Å². The Morgan fingerprint density at radius 1 is 0.860 bits per heavy atom. The average molecular weight is 595 g/mol. The first-order valence-electron chi connectivity index (χ1n) is 14.1. The van der Waals surface area contributed by atoms with Crippen LogP contribution in [0.1, 0.15) is 60.9 Å². The van der Waals surface area contributed by atoms with Gasteiger partial charge in [-0.05, 0) is 61.9 Å². The van der Waals surface area contributed by atoms with E-state index in [1.54, 1.807) is 12.1 Å². The van der Waals surface area contributed by atoms with E-state index in [4.69, 9.17) is 0 Å². The average Bonchev–Trinajstić information content (AvgIpc) is 3.31. The number of halogens is 1. The number of rotatable bonds is 13. The predicted octanol–water partition coefficient (Wildman–Crippen LogP) is 1.66. The summed E-state index contributed by atoms with van der Waals surface area (Å²) < 4.78 is 16.0. The molecule has 4 aromatic rings. The van der Waals surface area contributed by atoms with Crippen LogP contribution in [0.4, 0.5) is 4.39 Å². The number of amides is 1. The number of carboxylic acids is 1. The maximum Gasteiger partial charge on any atom is 1.00 e. The van der Waals surface area contributed by atoms with Gasteiger partial charge in [-0.3, -0.25) is 4.79 Å². The molecule has 0 aliphatic carbocycles. The molecule has 9 heteroatoms. The number of benzene rings is 3. The van der Waals surface area contributed by atoms with Crippen molar-refractivity contribution in [2.45, 2.75) is 64.3 Å². The van der Waals surface area contributed by atoms with Gasteiger partial charge in [0.05, 0.1) is 12.2 Å². The van der Waals surface area contributed by atoms with E-state index in [0.29, 0.717) is 29.8 Å². The molecular formula is C34H36FN2NaO5. The maximum atomic E-state index is 14.0. The first kappa shape index (κ1) is 34.2. The number of carbonyl (C=O) groups excluding carboxylic acids is 2. The van der Waals surface area contributed by atoms with Crippen molar-refractivity contribution in [1.82, 2.24) is 9.88 Å². The van der Waals surface area contributed by atoms with Gasteiger partial charge in [0, 0.05) is 41.8 Å². The number of carbonyl (C=O) groups is 2. The molecule has 0 fully saturated rings. The van der Waals surface area contributed by atoms with Gasteiger partial charge in [-0.1, -0.05) is 72.8 Å². The molecule has 4 rings (SSSR count). The number of hydrogen-bond donors (Lipinski definition) is 3. The maximum absolute atomic E-state index is 14.0. The van der Waals surface area contributed by atoms with Crippen molar-refractivity contribution in [3.8, 4) is 22.3 Å². The molecule has 2 atom stereocenters. The molecule has 0 spiro atoms. The summed E-state index contributed by atoms with van der Waals surface area (Å²) in [6.45, 7) is 4.27. The second kappa shape index (κ2) is 16.0. The van der Waals surface area contributed by atoms with E-state index in [9.17, 15) is 29.3 Å². The molecule has 0 radical (unpaired) electrons. The van der Waals surface area contributed by atoms with Crippen molar-refractivity contribution < 1.29 is 58.9 Å². The van der Waals surface area contributed by atoms with Crippen LogP contribution in [0.15, 0.2) is 84.9 Å². The van der Waals surface area contributed by atoms with Gasteiger partial charge in [0.15, 0.2) is 0 Å². The van der Waals surface area contributed by atoms with Crippen molar-refractivity contribution in [3.05, 3.63) is 108 Å². The van der Waals surface area contributed by atoms with Crippen LogP contribution in [0.25, 0.3) is 22.3 Å². The van der Waals surface area contributed by atoms with Gasteiger partial charge in [0.1, 0.15) is 11.5 Å². The Morgan fingerprint density at radius 3 is 2.02 bits per heavy atom. The summed E-state index contributed by atoms with van der Waals surface area (Å²) in [6, 6.07) is 25.1. The number of hydrogen-bond acceptors (Lipinski definition) is 5. The first-order chi connectivity index (χ1) is 20.2. The van der Waals surface area contributed by atoms with E-state index in [1.165, 1.54) is 12.1 Å². The number of aliphatic hydroxyl groups is 2. The molecular weight excluding hydrogens is 558 g/mol. The van der Waals surface area contributed by atoms with Crippen LogP contribution in [-0.4, -0.2) is 38.9 Å². The van der Waals surface area contributed by atoms with Gasteiger partial charge >= 0.3 is 29.6 Å². The molecule has 0 unspecified atom stereocenters. The molecule has 220 valence electrons. The third-order valence-electron chi connectivity index (χ3n) is 7.19. The van der Waals surface area contributed by atoms with Crippen LogP contribution in [0, 0.1) is 5.82 Å². The minimum Gasteiger partial charge on any atom is -0.550 e. The van der Waals surface area contributed by atoms with E-state index >= 15 is 0 Å². The van der Waals surface area contributed by atoms with Gasteiger partial charge in [0.25, 0.3) is 5.91 Å². The quantitative estimate of drug-likeness (QED) is 0.204. The second-order valence-corrected chi connectivity index (χ2v) is 10.7. The number of nitrogens with zero attached hydrogens (tertiary/aromatic N) is 1. The monoisotopic (exact) mass is 594 g/mol. The second-order valence-electron chi connectivity index (χ2n) is 10.7. The Labute approximate surface area is 273 Å². The molecule has 1 heterocycles. The molecule has 0 aliphatic rings. The first-order valence-corrected chi connectivity index (χ1v) is 14.1. The smallest absolute Gasteiger partial charge is 0.550 e. The van der Waals surface area contributed by atoms with Gasteiger partial charge in [-0.25, -0.2) is 4.39 Å².